The molecule has 0 unspecified atom stereocenters. The number of rotatable bonds is 5. The van der Waals surface area contributed by atoms with Crippen LogP contribution in [0.4, 0.5) is 23.1 Å². The topological polar surface area (TPSA) is 66.4 Å². The molecule has 1 aliphatic heterocycles. The van der Waals surface area contributed by atoms with Gasteiger partial charge in [-0.15, -0.1) is 5.10 Å². The molecule has 0 atom stereocenters. The predicted molar refractivity (Wildman–Crippen MR) is 116 cm³/mol. The normalized spacial score (nSPS) is 14.0. The largest absolute Gasteiger partial charge is 0.495 e. The third-order valence-electron chi connectivity index (χ3n) is 5.43. The highest BCUT2D eigenvalue weighted by atomic mass is 16.5. The molecule has 7 nitrogen and oxygen atoms in total. The Labute approximate surface area is 171 Å². The van der Waals surface area contributed by atoms with Gasteiger partial charge in [0.2, 0.25) is 5.95 Å². The number of hydrogen-bond donors (Lipinski definition) is 1. The van der Waals surface area contributed by atoms with Crippen LogP contribution in [-0.2, 0) is 0 Å². The number of aryl methyl sites for hydroxylation is 1. The predicted octanol–water partition coefficient (Wildman–Crippen LogP) is 3.57. The molecule has 4 rings (SSSR count). The Morgan fingerprint density at radius 2 is 1.69 bits per heavy atom. The van der Waals surface area contributed by atoms with Crippen molar-refractivity contribution < 1.29 is 4.74 Å². The summed E-state index contributed by atoms with van der Waals surface area (Å²) < 4.78 is 5.51. The Morgan fingerprint density at radius 3 is 2.48 bits per heavy atom. The fourth-order valence-electron chi connectivity index (χ4n) is 3.57. The van der Waals surface area contributed by atoms with Crippen molar-refractivity contribution in [1.29, 1.82) is 0 Å². The SMILES string of the molecule is COc1ccccc1N1CCN(c2cnnc(Nc3cccc(C)c3C)n2)CC1. The van der Waals surface area contributed by atoms with E-state index in [9.17, 15) is 0 Å². The van der Waals surface area contributed by atoms with Gasteiger partial charge in [0.05, 0.1) is 19.0 Å². The third kappa shape index (κ3) is 4.08. The van der Waals surface area contributed by atoms with Gasteiger partial charge < -0.3 is 19.9 Å². The number of ether oxygens (including phenoxy) is 1. The van der Waals surface area contributed by atoms with E-state index in [1.807, 2.05) is 30.3 Å². The molecule has 0 bridgehead atoms. The molecule has 0 spiro atoms. The maximum Gasteiger partial charge on any atom is 0.249 e. The molecule has 150 valence electrons. The highest BCUT2D eigenvalue weighted by molar-refractivity contribution is 5.61. The molecule has 1 aliphatic rings. The summed E-state index contributed by atoms with van der Waals surface area (Å²) in [6, 6.07) is 14.3. The first-order chi connectivity index (χ1) is 14.2. The summed E-state index contributed by atoms with van der Waals surface area (Å²) in [5, 5.41) is 11.6. The smallest absolute Gasteiger partial charge is 0.249 e. The number of para-hydroxylation sites is 2. The van der Waals surface area contributed by atoms with Gasteiger partial charge >= 0.3 is 0 Å². The van der Waals surface area contributed by atoms with Gasteiger partial charge in [-0.2, -0.15) is 10.1 Å². The minimum atomic E-state index is 0.517. The zero-order valence-electron chi connectivity index (χ0n) is 17.1. The molecule has 0 amide bonds. The van der Waals surface area contributed by atoms with Crippen LogP contribution in [0, 0.1) is 13.8 Å². The summed E-state index contributed by atoms with van der Waals surface area (Å²) in [4.78, 5) is 9.28. The van der Waals surface area contributed by atoms with Crippen molar-refractivity contribution in [3.05, 3.63) is 59.8 Å². The number of benzene rings is 2. The first kappa shape index (κ1) is 19.0. The number of hydrogen-bond acceptors (Lipinski definition) is 7. The van der Waals surface area contributed by atoms with E-state index in [1.165, 1.54) is 11.1 Å². The monoisotopic (exact) mass is 390 g/mol. The Kier molecular flexibility index (Phi) is 5.46. The van der Waals surface area contributed by atoms with Crippen LogP contribution in [0.25, 0.3) is 0 Å². The highest BCUT2D eigenvalue weighted by Crippen LogP contribution is 2.29. The summed E-state index contributed by atoms with van der Waals surface area (Å²) in [7, 11) is 1.71. The maximum absolute atomic E-state index is 5.51. The van der Waals surface area contributed by atoms with Crippen LogP contribution >= 0.6 is 0 Å². The Morgan fingerprint density at radius 1 is 0.931 bits per heavy atom. The average molecular weight is 390 g/mol. The highest BCUT2D eigenvalue weighted by Gasteiger charge is 2.21. The molecule has 2 heterocycles. The second kappa shape index (κ2) is 8.34. The molecule has 2 aromatic carbocycles. The van der Waals surface area contributed by atoms with E-state index < -0.39 is 0 Å². The van der Waals surface area contributed by atoms with E-state index in [-0.39, 0.29) is 0 Å². The summed E-state index contributed by atoms with van der Waals surface area (Å²) in [5.74, 6) is 2.26. The Balaban J connectivity index is 1.45. The fourth-order valence-corrected chi connectivity index (χ4v) is 3.57. The molecule has 0 aliphatic carbocycles. The molecule has 1 fully saturated rings. The lowest BCUT2D eigenvalue weighted by atomic mass is 10.1. The molecule has 0 radical (unpaired) electrons. The maximum atomic E-state index is 5.51. The number of methoxy groups -OCH3 is 1. The lowest BCUT2D eigenvalue weighted by molar-refractivity contribution is 0.413. The van der Waals surface area contributed by atoms with Gasteiger partial charge in [-0.1, -0.05) is 24.3 Å². The van der Waals surface area contributed by atoms with Gasteiger partial charge in [0.15, 0.2) is 5.82 Å². The molecule has 7 heteroatoms. The van der Waals surface area contributed by atoms with Crippen LogP contribution in [-0.4, -0.2) is 48.5 Å². The van der Waals surface area contributed by atoms with Crippen LogP contribution in [0.3, 0.4) is 0 Å². The molecular formula is C22H26N6O. The summed E-state index contributed by atoms with van der Waals surface area (Å²) in [5.41, 5.74) is 4.55. The quantitative estimate of drug-likeness (QED) is 0.714. The van der Waals surface area contributed by atoms with Crippen LogP contribution in [0.1, 0.15) is 11.1 Å². The second-order valence-corrected chi connectivity index (χ2v) is 7.16. The van der Waals surface area contributed by atoms with Crippen molar-refractivity contribution in [2.45, 2.75) is 13.8 Å². The van der Waals surface area contributed by atoms with E-state index in [0.29, 0.717) is 5.95 Å². The van der Waals surface area contributed by atoms with Gasteiger partial charge in [0.25, 0.3) is 0 Å². The van der Waals surface area contributed by atoms with Crippen molar-refractivity contribution in [1.82, 2.24) is 15.2 Å². The summed E-state index contributed by atoms with van der Waals surface area (Å²) >= 11 is 0. The van der Waals surface area contributed by atoms with E-state index in [1.54, 1.807) is 13.3 Å². The first-order valence-corrected chi connectivity index (χ1v) is 9.81. The van der Waals surface area contributed by atoms with Crippen molar-refractivity contribution in [3.8, 4) is 5.75 Å². The van der Waals surface area contributed by atoms with E-state index in [0.717, 1.165) is 49.1 Å². The third-order valence-corrected chi connectivity index (χ3v) is 5.43. The number of nitrogens with zero attached hydrogens (tertiary/aromatic N) is 5. The molecule has 1 saturated heterocycles. The zero-order valence-corrected chi connectivity index (χ0v) is 17.1. The Hall–Kier alpha value is -3.35. The van der Waals surface area contributed by atoms with E-state index in [4.69, 9.17) is 9.72 Å². The molecule has 1 aromatic heterocycles. The van der Waals surface area contributed by atoms with Crippen molar-refractivity contribution >= 4 is 23.1 Å². The molecule has 0 saturated carbocycles. The van der Waals surface area contributed by atoms with E-state index in [2.05, 4.69) is 51.3 Å². The van der Waals surface area contributed by atoms with Gasteiger partial charge in [0, 0.05) is 31.9 Å². The molecule has 1 N–H and O–H groups in total. The second-order valence-electron chi connectivity index (χ2n) is 7.16. The Bertz CT molecular complexity index is 985. The average Bonchev–Trinajstić information content (AvgIpc) is 2.77. The van der Waals surface area contributed by atoms with Gasteiger partial charge in [-0.3, -0.25) is 0 Å². The molecule has 3 aromatic rings. The number of nitrogens with one attached hydrogen (secondary N) is 1. The van der Waals surface area contributed by atoms with E-state index >= 15 is 0 Å². The lowest BCUT2D eigenvalue weighted by Gasteiger charge is -2.37. The fraction of sp³-hybridized carbons (Fsp3) is 0.318. The van der Waals surface area contributed by atoms with Crippen LogP contribution in [0.2, 0.25) is 0 Å². The van der Waals surface area contributed by atoms with Crippen molar-refractivity contribution in [2.24, 2.45) is 0 Å². The zero-order chi connectivity index (χ0) is 20.2. The van der Waals surface area contributed by atoms with Gasteiger partial charge in [-0.25, -0.2) is 0 Å². The van der Waals surface area contributed by atoms with Crippen molar-refractivity contribution in [2.75, 3.05) is 48.4 Å². The molecular weight excluding hydrogens is 364 g/mol. The summed E-state index contributed by atoms with van der Waals surface area (Å²) in [6.07, 6.45) is 1.73. The van der Waals surface area contributed by atoms with Crippen LogP contribution in [0.15, 0.2) is 48.7 Å². The van der Waals surface area contributed by atoms with Crippen LogP contribution in [0.5, 0.6) is 5.75 Å². The first-order valence-electron chi connectivity index (χ1n) is 9.81. The van der Waals surface area contributed by atoms with Crippen LogP contribution < -0.4 is 19.9 Å². The standard InChI is InChI=1S/C22H26N6O/c1-16-7-6-8-18(17(16)2)24-22-25-21(15-23-26-22)28-13-11-27(12-14-28)19-9-4-5-10-20(19)29-3/h4-10,15H,11-14H2,1-3H3,(H,24,25,26). The summed E-state index contributed by atoms with van der Waals surface area (Å²) in [6.45, 7) is 7.69. The number of piperazine rings is 1. The van der Waals surface area contributed by atoms with Gasteiger partial charge in [0.1, 0.15) is 5.75 Å². The lowest BCUT2D eigenvalue weighted by Crippen LogP contribution is -2.47. The van der Waals surface area contributed by atoms with Gasteiger partial charge in [-0.05, 0) is 43.2 Å². The minimum absolute atomic E-state index is 0.517. The minimum Gasteiger partial charge on any atom is -0.495 e. The van der Waals surface area contributed by atoms with Crippen molar-refractivity contribution in [3.63, 3.8) is 0 Å². The number of aromatic nitrogens is 3. The number of anilines is 4. The molecule has 29 heavy (non-hydrogen) atoms.